The number of hydrogen-bond acceptors (Lipinski definition) is 5. The molecule has 0 unspecified atom stereocenters. The molecular formula is C23H21ClF3N5O2S. The number of halogens is 4. The molecule has 3 rings (SSSR count). The van der Waals surface area contributed by atoms with E-state index in [4.69, 9.17) is 11.6 Å². The van der Waals surface area contributed by atoms with Gasteiger partial charge in [-0.25, -0.2) is 0 Å². The van der Waals surface area contributed by atoms with Crippen molar-refractivity contribution < 1.29 is 22.8 Å². The minimum atomic E-state index is -4.51. The van der Waals surface area contributed by atoms with Gasteiger partial charge in [-0.15, -0.1) is 16.8 Å². The molecule has 0 bridgehead atoms. The number of aryl methyl sites for hydroxylation is 1. The number of carbonyl (C=O) groups excluding carboxylic acids is 2. The smallest absolute Gasteiger partial charge is 0.326 e. The maximum Gasteiger partial charge on any atom is 0.416 e. The molecule has 2 amide bonds. The molecule has 0 radical (unpaired) electrons. The van der Waals surface area contributed by atoms with Gasteiger partial charge in [0.25, 0.3) is 0 Å². The number of aromatic nitrogens is 3. The maximum absolute atomic E-state index is 12.9. The molecule has 7 nitrogen and oxygen atoms in total. The standard InChI is InChI=1S/C23H21ClF3N5O2S/c1-3-9-32-19(12-20(33)28-17-8-7-14(2)18(24)11-17)30-31-22(32)35-13-21(34)29-16-6-4-5-15(10-16)23(25,26)27/h3-8,10-11H,1,9,12-13H2,2H3,(H,28,33)(H,29,34). The van der Waals surface area contributed by atoms with Gasteiger partial charge in [0, 0.05) is 22.9 Å². The second-order valence-electron chi connectivity index (χ2n) is 7.40. The summed E-state index contributed by atoms with van der Waals surface area (Å²) in [6.07, 6.45) is -2.99. The summed E-state index contributed by atoms with van der Waals surface area (Å²) in [7, 11) is 0. The lowest BCUT2D eigenvalue weighted by Crippen LogP contribution is -2.18. The van der Waals surface area contributed by atoms with E-state index in [-0.39, 0.29) is 23.8 Å². The molecular weight excluding hydrogens is 503 g/mol. The van der Waals surface area contributed by atoms with Crippen LogP contribution in [0.2, 0.25) is 5.02 Å². The first-order valence-electron chi connectivity index (χ1n) is 10.3. The monoisotopic (exact) mass is 523 g/mol. The molecule has 0 aliphatic rings. The second kappa shape index (κ2) is 11.4. The minimum Gasteiger partial charge on any atom is -0.326 e. The van der Waals surface area contributed by atoms with Gasteiger partial charge in [0.2, 0.25) is 11.8 Å². The molecule has 0 saturated carbocycles. The Bertz CT molecular complexity index is 1250. The minimum absolute atomic E-state index is 0.0338. The van der Waals surface area contributed by atoms with Crippen molar-refractivity contribution in [1.82, 2.24) is 14.8 Å². The Hall–Kier alpha value is -3.31. The second-order valence-corrected chi connectivity index (χ2v) is 8.75. The van der Waals surface area contributed by atoms with Crippen LogP contribution in [0.4, 0.5) is 24.5 Å². The van der Waals surface area contributed by atoms with E-state index in [2.05, 4.69) is 27.4 Å². The van der Waals surface area contributed by atoms with E-state index in [0.717, 1.165) is 29.5 Å². The maximum atomic E-state index is 12.9. The van der Waals surface area contributed by atoms with E-state index in [1.54, 1.807) is 28.8 Å². The Morgan fingerprint density at radius 1 is 1.11 bits per heavy atom. The summed E-state index contributed by atoms with van der Waals surface area (Å²) in [6, 6.07) is 9.54. The quantitative estimate of drug-likeness (QED) is 0.291. The Balaban J connectivity index is 1.62. The van der Waals surface area contributed by atoms with E-state index in [1.807, 2.05) is 6.92 Å². The van der Waals surface area contributed by atoms with Crippen LogP contribution in [-0.2, 0) is 28.7 Å². The zero-order chi connectivity index (χ0) is 25.6. The summed E-state index contributed by atoms with van der Waals surface area (Å²) in [5.41, 5.74) is 0.603. The van der Waals surface area contributed by atoms with Crippen molar-refractivity contribution in [1.29, 1.82) is 0 Å². The van der Waals surface area contributed by atoms with Crippen LogP contribution in [0.25, 0.3) is 0 Å². The Morgan fingerprint density at radius 3 is 2.51 bits per heavy atom. The highest BCUT2D eigenvalue weighted by atomic mass is 35.5. The number of alkyl halides is 3. The van der Waals surface area contributed by atoms with Crippen LogP contribution in [0.5, 0.6) is 0 Å². The van der Waals surface area contributed by atoms with Crippen LogP contribution in [0.1, 0.15) is 17.0 Å². The molecule has 0 atom stereocenters. The van der Waals surface area contributed by atoms with Crippen molar-refractivity contribution in [3.05, 3.63) is 77.1 Å². The summed E-state index contributed by atoms with van der Waals surface area (Å²) in [5, 5.41) is 14.2. The van der Waals surface area contributed by atoms with Crippen molar-refractivity contribution in [3.63, 3.8) is 0 Å². The first kappa shape index (κ1) is 26.3. The van der Waals surface area contributed by atoms with Crippen molar-refractivity contribution in [3.8, 4) is 0 Å². The number of hydrogen-bond donors (Lipinski definition) is 2. The van der Waals surface area contributed by atoms with E-state index < -0.39 is 17.6 Å². The SMILES string of the molecule is C=CCn1c(CC(=O)Nc2ccc(C)c(Cl)c2)nnc1SCC(=O)Nc1cccc(C(F)(F)F)c1. The lowest BCUT2D eigenvalue weighted by molar-refractivity contribution is -0.137. The van der Waals surface area contributed by atoms with E-state index in [1.165, 1.54) is 12.1 Å². The number of amides is 2. The summed E-state index contributed by atoms with van der Waals surface area (Å²) < 4.78 is 40.2. The summed E-state index contributed by atoms with van der Waals surface area (Å²) >= 11 is 7.13. The van der Waals surface area contributed by atoms with E-state index in [9.17, 15) is 22.8 Å². The first-order chi connectivity index (χ1) is 16.6. The van der Waals surface area contributed by atoms with Gasteiger partial charge in [-0.05, 0) is 42.8 Å². The van der Waals surface area contributed by atoms with Gasteiger partial charge >= 0.3 is 6.18 Å². The number of allylic oxidation sites excluding steroid dienone is 1. The fraction of sp³-hybridized carbons (Fsp3) is 0.217. The molecule has 0 spiro atoms. The van der Waals surface area contributed by atoms with E-state index >= 15 is 0 Å². The molecule has 1 heterocycles. The van der Waals surface area contributed by atoms with Gasteiger partial charge in [0.1, 0.15) is 5.82 Å². The Labute approximate surface area is 208 Å². The third-order valence-corrected chi connectivity index (χ3v) is 6.06. The molecule has 0 aliphatic carbocycles. The van der Waals surface area contributed by atoms with Crippen LogP contribution >= 0.6 is 23.4 Å². The predicted molar refractivity (Wildman–Crippen MR) is 130 cm³/mol. The first-order valence-corrected chi connectivity index (χ1v) is 11.6. The van der Waals surface area contributed by atoms with Crippen molar-refractivity contribution in [2.75, 3.05) is 16.4 Å². The molecule has 3 aromatic rings. The topological polar surface area (TPSA) is 88.9 Å². The van der Waals surface area contributed by atoms with Gasteiger partial charge in [-0.3, -0.25) is 9.59 Å². The van der Waals surface area contributed by atoms with Crippen LogP contribution in [0, 0.1) is 6.92 Å². The van der Waals surface area contributed by atoms with Gasteiger partial charge in [0.05, 0.1) is 17.7 Å². The molecule has 0 saturated heterocycles. The molecule has 2 aromatic carbocycles. The van der Waals surface area contributed by atoms with Gasteiger partial charge < -0.3 is 15.2 Å². The number of nitrogens with one attached hydrogen (secondary N) is 2. The largest absolute Gasteiger partial charge is 0.416 e. The highest BCUT2D eigenvalue weighted by Crippen LogP contribution is 2.30. The molecule has 35 heavy (non-hydrogen) atoms. The number of anilines is 2. The molecule has 1 aromatic heterocycles. The fourth-order valence-corrected chi connectivity index (χ4v) is 3.94. The van der Waals surface area contributed by atoms with Gasteiger partial charge in [-0.1, -0.05) is 41.6 Å². The number of nitrogens with zero attached hydrogens (tertiary/aromatic N) is 3. The number of thioether (sulfide) groups is 1. The number of carbonyl (C=O) groups is 2. The van der Waals surface area contributed by atoms with Gasteiger partial charge in [0.15, 0.2) is 5.16 Å². The van der Waals surface area contributed by atoms with Crippen LogP contribution < -0.4 is 10.6 Å². The summed E-state index contributed by atoms with van der Waals surface area (Å²) in [5.74, 6) is -0.611. The number of rotatable bonds is 9. The van der Waals surface area contributed by atoms with Gasteiger partial charge in [-0.2, -0.15) is 13.2 Å². The zero-order valence-corrected chi connectivity index (χ0v) is 20.1. The number of benzene rings is 2. The van der Waals surface area contributed by atoms with Crippen molar-refractivity contribution >= 4 is 46.6 Å². The Kier molecular flexibility index (Phi) is 8.57. The predicted octanol–water partition coefficient (Wildman–Crippen LogP) is 5.36. The average Bonchev–Trinajstić information content (AvgIpc) is 3.16. The Morgan fingerprint density at radius 2 is 1.83 bits per heavy atom. The highest BCUT2D eigenvalue weighted by Gasteiger charge is 2.30. The molecule has 2 N–H and O–H groups in total. The molecule has 12 heteroatoms. The molecule has 0 fully saturated rings. The third-order valence-electron chi connectivity index (χ3n) is 4.69. The molecule has 184 valence electrons. The normalized spacial score (nSPS) is 11.2. The van der Waals surface area contributed by atoms with Crippen molar-refractivity contribution in [2.45, 2.75) is 31.2 Å². The van der Waals surface area contributed by atoms with Crippen molar-refractivity contribution in [2.24, 2.45) is 0 Å². The average molecular weight is 524 g/mol. The van der Waals surface area contributed by atoms with Crippen LogP contribution in [0.3, 0.4) is 0 Å². The summed E-state index contributed by atoms with van der Waals surface area (Å²) in [6.45, 7) is 5.84. The van der Waals surface area contributed by atoms with Crippen LogP contribution in [0.15, 0.2) is 60.3 Å². The van der Waals surface area contributed by atoms with E-state index in [0.29, 0.717) is 28.2 Å². The van der Waals surface area contributed by atoms with Crippen LogP contribution in [-0.4, -0.2) is 32.3 Å². The lowest BCUT2D eigenvalue weighted by Gasteiger charge is -2.10. The third kappa shape index (κ3) is 7.33. The zero-order valence-electron chi connectivity index (χ0n) is 18.5. The fourth-order valence-electron chi connectivity index (χ4n) is 2.99. The highest BCUT2D eigenvalue weighted by molar-refractivity contribution is 7.99. The molecule has 0 aliphatic heterocycles. The lowest BCUT2D eigenvalue weighted by atomic mass is 10.2. The summed E-state index contributed by atoms with van der Waals surface area (Å²) in [4.78, 5) is 24.8.